The van der Waals surface area contributed by atoms with Gasteiger partial charge in [-0.15, -0.1) is 0 Å². The van der Waals surface area contributed by atoms with Crippen molar-refractivity contribution in [3.05, 3.63) is 34.2 Å². The largest absolute Gasteiger partial charge is 0.481 e. The first-order chi connectivity index (χ1) is 10.3. The highest BCUT2D eigenvalue weighted by Gasteiger charge is 2.29. The Bertz CT molecular complexity index is 641. The lowest BCUT2D eigenvalue weighted by Crippen LogP contribution is -2.20. The van der Waals surface area contributed by atoms with Gasteiger partial charge in [-0.3, -0.25) is 14.4 Å². The summed E-state index contributed by atoms with van der Waals surface area (Å²) in [4.78, 5) is 34.4. The van der Waals surface area contributed by atoms with Crippen molar-refractivity contribution in [2.45, 2.75) is 40.0 Å². The molecule has 2 rings (SSSR count). The molecule has 2 aliphatic heterocycles. The van der Waals surface area contributed by atoms with Gasteiger partial charge < -0.3 is 15.7 Å². The van der Waals surface area contributed by atoms with Gasteiger partial charge in [0.25, 0.3) is 5.91 Å². The zero-order chi connectivity index (χ0) is 16.4. The maximum absolute atomic E-state index is 12.0. The Balaban J connectivity index is 2.30. The van der Waals surface area contributed by atoms with Gasteiger partial charge in [0.05, 0.1) is 5.92 Å². The van der Waals surface area contributed by atoms with E-state index in [1.165, 1.54) is 0 Å². The molecule has 0 saturated carbocycles. The molecule has 0 unspecified atom stereocenters. The van der Waals surface area contributed by atoms with E-state index >= 15 is 0 Å². The summed E-state index contributed by atoms with van der Waals surface area (Å²) in [6, 6.07) is 0. The third-order valence-electron chi connectivity index (χ3n) is 4.16. The molecule has 0 aromatic rings. The zero-order valence-corrected chi connectivity index (χ0v) is 12.9. The molecule has 118 valence electrons. The highest BCUT2D eigenvalue weighted by Crippen LogP contribution is 2.29. The van der Waals surface area contributed by atoms with Crippen LogP contribution in [0.1, 0.15) is 40.0 Å². The fraction of sp³-hybridized carbons (Fsp3) is 0.438. The molecule has 0 aliphatic carbocycles. The molecule has 2 heterocycles. The number of hydrogen-bond acceptors (Lipinski definition) is 3. The predicted octanol–water partition coefficient (Wildman–Crippen LogP) is 1.61. The highest BCUT2D eigenvalue weighted by molar-refractivity contribution is 6.00. The zero-order valence-electron chi connectivity index (χ0n) is 12.9. The Morgan fingerprint density at radius 1 is 1.32 bits per heavy atom. The number of amides is 2. The third kappa shape index (κ3) is 2.95. The first kappa shape index (κ1) is 16.0. The van der Waals surface area contributed by atoms with E-state index in [-0.39, 0.29) is 30.6 Å². The van der Waals surface area contributed by atoms with E-state index in [9.17, 15) is 14.4 Å². The molecule has 1 atom stereocenters. The molecule has 6 heteroatoms. The highest BCUT2D eigenvalue weighted by atomic mass is 16.4. The third-order valence-corrected chi connectivity index (χ3v) is 4.16. The van der Waals surface area contributed by atoms with Crippen LogP contribution in [0.25, 0.3) is 0 Å². The van der Waals surface area contributed by atoms with E-state index in [1.807, 2.05) is 13.8 Å². The van der Waals surface area contributed by atoms with Gasteiger partial charge in [0, 0.05) is 23.4 Å². The van der Waals surface area contributed by atoms with Gasteiger partial charge in [-0.1, -0.05) is 6.92 Å². The van der Waals surface area contributed by atoms with Crippen LogP contribution in [0.4, 0.5) is 0 Å². The summed E-state index contributed by atoms with van der Waals surface area (Å²) in [5.41, 5.74) is 3.60. The number of nitrogens with one attached hydrogen (secondary N) is 2. The lowest BCUT2D eigenvalue weighted by molar-refractivity contribution is -0.137. The number of hydrogen-bond donors (Lipinski definition) is 3. The fourth-order valence-corrected chi connectivity index (χ4v) is 2.78. The van der Waals surface area contributed by atoms with Crippen molar-refractivity contribution in [3.63, 3.8) is 0 Å². The minimum absolute atomic E-state index is 0.0410. The van der Waals surface area contributed by atoms with Crippen LogP contribution in [-0.4, -0.2) is 22.9 Å². The number of carboxylic acid groups (broad SMARTS) is 1. The van der Waals surface area contributed by atoms with E-state index in [4.69, 9.17) is 5.11 Å². The molecule has 0 spiro atoms. The van der Waals surface area contributed by atoms with E-state index in [0.29, 0.717) is 11.3 Å². The smallest absolute Gasteiger partial charge is 0.303 e. The average Bonchev–Trinajstić information content (AvgIpc) is 2.86. The molecule has 22 heavy (non-hydrogen) atoms. The van der Waals surface area contributed by atoms with Crippen LogP contribution in [0.3, 0.4) is 0 Å². The number of carbonyl (C=O) groups excluding carboxylic acids is 2. The molecule has 0 fully saturated rings. The molecule has 0 aromatic carbocycles. The summed E-state index contributed by atoms with van der Waals surface area (Å²) in [6.07, 6.45) is 2.64. The number of aliphatic carboxylic acids is 1. The quantitative estimate of drug-likeness (QED) is 0.719. The Morgan fingerprint density at radius 3 is 2.59 bits per heavy atom. The molecule has 0 saturated heterocycles. The van der Waals surface area contributed by atoms with Crippen LogP contribution in [0.5, 0.6) is 0 Å². The summed E-state index contributed by atoms with van der Waals surface area (Å²) in [7, 11) is 0. The predicted molar refractivity (Wildman–Crippen MR) is 80.4 cm³/mol. The SMILES string of the molecule is CCC1=C(/C=C2/NC(=O)C(CCC(=O)O)=C2C)NC(=O)[C@@H]1C. The van der Waals surface area contributed by atoms with Crippen molar-refractivity contribution in [1.82, 2.24) is 10.6 Å². The van der Waals surface area contributed by atoms with E-state index in [1.54, 1.807) is 13.0 Å². The van der Waals surface area contributed by atoms with Gasteiger partial charge in [0.1, 0.15) is 0 Å². The van der Waals surface area contributed by atoms with Gasteiger partial charge in [-0.05, 0) is 43.9 Å². The molecular weight excluding hydrogens is 284 g/mol. The Kier molecular flexibility index (Phi) is 4.49. The molecule has 2 aliphatic rings. The van der Waals surface area contributed by atoms with Crippen LogP contribution in [-0.2, 0) is 14.4 Å². The summed E-state index contributed by atoms with van der Waals surface area (Å²) in [6.45, 7) is 5.63. The summed E-state index contributed by atoms with van der Waals surface area (Å²) < 4.78 is 0. The van der Waals surface area contributed by atoms with Crippen LogP contribution < -0.4 is 10.6 Å². The van der Waals surface area contributed by atoms with Gasteiger partial charge in [0.15, 0.2) is 0 Å². The number of carbonyl (C=O) groups is 3. The van der Waals surface area contributed by atoms with Crippen molar-refractivity contribution < 1.29 is 19.5 Å². The molecule has 0 aromatic heterocycles. The molecule has 3 N–H and O–H groups in total. The summed E-state index contributed by atoms with van der Waals surface area (Å²) in [5.74, 6) is -1.40. The number of rotatable bonds is 5. The molecule has 0 bridgehead atoms. The van der Waals surface area contributed by atoms with Crippen molar-refractivity contribution in [3.8, 4) is 0 Å². The minimum Gasteiger partial charge on any atom is -0.481 e. The molecule has 2 amide bonds. The van der Waals surface area contributed by atoms with Crippen molar-refractivity contribution in [2.24, 2.45) is 5.92 Å². The van der Waals surface area contributed by atoms with Crippen LogP contribution in [0, 0.1) is 5.92 Å². The van der Waals surface area contributed by atoms with Crippen LogP contribution >= 0.6 is 0 Å². The summed E-state index contributed by atoms with van der Waals surface area (Å²) >= 11 is 0. The lowest BCUT2D eigenvalue weighted by Gasteiger charge is -2.05. The Morgan fingerprint density at radius 2 is 2.00 bits per heavy atom. The molecule has 6 nitrogen and oxygen atoms in total. The van der Waals surface area contributed by atoms with Gasteiger partial charge in [-0.2, -0.15) is 0 Å². The number of allylic oxidation sites excluding steroid dienone is 2. The summed E-state index contributed by atoms with van der Waals surface area (Å²) in [5, 5.41) is 14.3. The first-order valence-corrected chi connectivity index (χ1v) is 7.34. The Labute approximate surface area is 129 Å². The topological polar surface area (TPSA) is 95.5 Å². The van der Waals surface area contributed by atoms with E-state index in [2.05, 4.69) is 10.6 Å². The second-order valence-electron chi connectivity index (χ2n) is 5.51. The van der Waals surface area contributed by atoms with Gasteiger partial charge >= 0.3 is 5.97 Å². The van der Waals surface area contributed by atoms with Crippen LogP contribution in [0.2, 0.25) is 0 Å². The van der Waals surface area contributed by atoms with Gasteiger partial charge in [-0.25, -0.2) is 0 Å². The second kappa shape index (κ2) is 6.17. The van der Waals surface area contributed by atoms with Crippen LogP contribution in [0.15, 0.2) is 34.2 Å². The average molecular weight is 304 g/mol. The van der Waals surface area contributed by atoms with E-state index < -0.39 is 5.97 Å². The maximum Gasteiger partial charge on any atom is 0.303 e. The monoisotopic (exact) mass is 304 g/mol. The van der Waals surface area contributed by atoms with Crippen molar-refractivity contribution in [2.75, 3.05) is 0 Å². The lowest BCUT2D eigenvalue weighted by atomic mass is 9.99. The van der Waals surface area contributed by atoms with Crippen molar-refractivity contribution in [1.29, 1.82) is 0 Å². The first-order valence-electron chi connectivity index (χ1n) is 7.34. The standard InChI is InChI=1S/C16H20N2O4/c1-4-10-9(3)15(21)18-13(10)7-12-8(2)11(16(22)17-12)5-6-14(19)20/h7,9H,4-6H2,1-3H3,(H,17,22)(H,18,21)(H,19,20)/b12-7+/t9-/m1/s1. The Hall–Kier alpha value is -2.37. The van der Waals surface area contributed by atoms with E-state index in [0.717, 1.165) is 23.3 Å². The maximum atomic E-state index is 12.0. The van der Waals surface area contributed by atoms with Crippen molar-refractivity contribution >= 4 is 17.8 Å². The minimum atomic E-state index is -0.932. The second-order valence-corrected chi connectivity index (χ2v) is 5.51. The molecular formula is C16H20N2O4. The molecule has 0 radical (unpaired) electrons. The van der Waals surface area contributed by atoms with Gasteiger partial charge in [0.2, 0.25) is 5.91 Å². The number of carboxylic acids is 1. The normalized spacial score (nSPS) is 23.4. The fourth-order valence-electron chi connectivity index (χ4n) is 2.78.